The summed E-state index contributed by atoms with van der Waals surface area (Å²) < 4.78 is 30.8. The number of carbonyl (C=O) groups is 1. The second kappa shape index (κ2) is 8.09. The third-order valence-corrected chi connectivity index (χ3v) is 3.21. The Labute approximate surface area is 135 Å². The third kappa shape index (κ3) is 6.01. The highest BCUT2D eigenvalue weighted by molar-refractivity contribution is 7.85. The molecule has 1 heterocycles. The fourth-order valence-corrected chi connectivity index (χ4v) is 2.11. The lowest BCUT2D eigenvalue weighted by molar-refractivity contribution is -0.145. The van der Waals surface area contributed by atoms with Crippen LogP contribution in [0.3, 0.4) is 0 Å². The maximum Gasteiger partial charge on any atom is 0.323 e. The molecule has 0 saturated heterocycles. The van der Waals surface area contributed by atoms with E-state index in [1.807, 2.05) is 37.4 Å². The van der Waals surface area contributed by atoms with Crippen LogP contribution in [0.4, 0.5) is 0 Å². The monoisotopic (exact) mass is 342 g/mol. The molecule has 128 valence electrons. The van der Waals surface area contributed by atoms with Crippen molar-refractivity contribution in [3.05, 3.63) is 36.0 Å². The van der Waals surface area contributed by atoms with E-state index in [-0.39, 0.29) is 11.9 Å². The van der Waals surface area contributed by atoms with E-state index in [1.54, 1.807) is 6.92 Å². The SMILES string of the molecule is CCOC(=O)[C@@H](N)[C@H](C)c1c[nH]c2ccccc12.CS(=O)(=O)O. The normalized spacial score (nSPS) is 13.8. The van der Waals surface area contributed by atoms with Gasteiger partial charge in [-0.05, 0) is 18.6 Å². The number of hydrogen-bond donors (Lipinski definition) is 3. The lowest BCUT2D eigenvalue weighted by Crippen LogP contribution is -2.37. The van der Waals surface area contributed by atoms with Crippen LogP contribution in [-0.4, -0.2) is 42.8 Å². The molecule has 2 rings (SSSR count). The summed E-state index contributed by atoms with van der Waals surface area (Å²) in [5.41, 5.74) is 8.04. The van der Waals surface area contributed by atoms with Gasteiger partial charge in [0.15, 0.2) is 0 Å². The number of esters is 1. The number of nitrogens with one attached hydrogen (secondary N) is 1. The molecular weight excluding hydrogens is 320 g/mol. The van der Waals surface area contributed by atoms with Gasteiger partial charge in [-0.2, -0.15) is 8.42 Å². The molecule has 4 N–H and O–H groups in total. The number of hydrogen-bond acceptors (Lipinski definition) is 5. The minimum atomic E-state index is -3.67. The number of nitrogens with two attached hydrogens (primary N) is 1. The van der Waals surface area contributed by atoms with Crippen LogP contribution in [0.25, 0.3) is 10.9 Å². The van der Waals surface area contributed by atoms with Crippen LogP contribution in [0.2, 0.25) is 0 Å². The highest BCUT2D eigenvalue weighted by atomic mass is 32.2. The van der Waals surface area contributed by atoms with Crippen LogP contribution >= 0.6 is 0 Å². The summed E-state index contributed by atoms with van der Waals surface area (Å²) >= 11 is 0. The molecule has 8 heteroatoms. The molecule has 0 amide bonds. The Morgan fingerprint density at radius 2 is 1.96 bits per heavy atom. The van der Waals surface area contributed by atoms with E-state index in [2.05, 4.69) is 4.98 Å². The first-order valence-electron chi connectivity index (χ1n) is 7.05. The Bertz CT molecular complexity index is 746. The molecule has 2 atom stereocenters. The van der Waals surface area contributed by atoms with Crippen LogP contribution in [0, 0.1) is 0 Å². The number of H-pyrrole nitrogens is 1. The van der Waals surface area contributed by atoms with Gasteiger partial charge in [-0.1, -0.05) is 25.1 Å². The quantitative estimate of drug-likeness (QED) is 0.574. The van der Waals surface area contributed by atoms with Crippen molar-refractivity contribution in [3.8, 4) is 0 Å². The molecular formula is C15H22N2O5S. The van der Waals surface area contributed by atoms with E-state index >= 15 is 0 Å². The summed E-state index contributed by atoms with van der Waals surface area (Å²) in [5, 5.41) is 1.10. The highest BCUT2D eigenvalue weighted by Gasteiger charge is 2.25. The van der Waals surface area contributed by atoms with E-state index in [0.29, 0.717) is 12.9 Å². The molecule has 0 spiro atoms. The van der Waals surface area contributed by atoms with Crippen molar-refractivity contribution in [2.45, 2.75) is 25.8 Å². The lowest BCUT2D eigenvalue weighted by Gasteiger charge is -2.17. The van der Waals surface area contributed by atoms with Crippen molar-refractivity contribution in [1.29, 1.82) is 0 Å². The van der Waals surface area contributed by atoms with E-state index < -0.39 is 16.2 Å². The average molecular weight is 342 g/mol. The van der Waals surface area contributed by atoms with E-state index in [4.69, 9.17) is 15.0 Å². The van der Waals surface area contributed by atoms with Gasteiger partial charge in [-0.3, -0.25) is 9.35 Å². The van der Waals surface area contributed by atoms with Gasteiger partial charge in [-0.25, -0.2) is 0 Å². The molecule has 0 radical (unpaired) electrons. The molecule has 7 nitrogen and oxygen atoms in total. The zero-order chi connectivity index (χ0) is 17.6. The van der Waals surface area contributed by atoms with Gasteiger partial charge in [0.2, 0.25) is 0 Å². The lowest BCUT2D eigenvalue weighted by atomic mass is 9.93. The number of ether oxygens (including phenoxy) is 1. The Morgan fingerprint density at radius 3 is 2.52 bits per heavy atom. The van der Waals surface area contributed by atoms with Gasteiger partial charge < -0.3 is 15.5 Å². The van der Waals surface area contributed by atoms with Crippen molar-refractivity contribution in [1.82, 2.24) is 4.98 Å². The number of fused-ring (bicyclic) bond motifs is 1. The van der Waals surface area contributed by atoms with Crippen LogP contribution in [0.5, 0.6) is 0 Å². The summed E-state index contributed by atoms with van der Waals surface area (Å²) in [7, 11) is -3.67. The molecule has 0 aliphatic heterocycles. The first-order valence-corrected chi connectivity index (χ1v) is 8.90. The first-order chi connectivity index (χ1) is 10.6. The van der Waals surface area contributed by atoms with Crippen molar-refractivity contribution in [2.75, 3.05) is 12.9 Å². The molecule has 2 aromatic rings. The van der Waals surface area contributed by atoms with Gasteiger partial charge in [-0.15, -0.1) is 0 Å². The van der Waals surface area contributed by atoms with Crippen LogP contribution in [0.15, 0.2) is 30.5 Å². The number of aromatic amines is 1. The number of aromatic nitrogens is 1. The Morgan fingerprint density at radius 1 is 1.39 bits per heavy atom. The number of para-hydroxylation sites is 1. The van der Waals surface area contributed by atoms with Crippen molar-refractivity contribution in [3.63, 3.8) is 0 Å². The van der Waals surface area contributed by atoms with Crippen molar-refractivity contribution < 1.29 is 22.5 Å². The summed E-state index contributed by atoms with van der Waals surface area (Å²) in [6.07, 6.45) is 2.63. The molecule has 0 fully saturated rings. The smallest absolute Gasteiger partial charge is 0.323 e. The molecule has 0 saturated carbocycles. The molecule has 0 bridgehead atoms. The van der Waals surface area contributed by atoms with Crippen LogP contribution < -0.4 is 5.73 Å². The number of rotatable bonds is 4. The summed E-state index contributed by atoms with van der Waals surface area (Å²) in [5.74, 6) is -0.435. The molecule has 0 aliphatic carbocycles. The first kappa shape index (κ1) is 19.1. The molecule has 23 heavy (non-hydrogen) atoms. The maximum atomic E-state index is 11.7. The molecule has 0 aliphatic rings. The Balaban J connectivity index is 0.000000463. The number of benzene rings is 1. The topological polar surface area (TPSA) is 122 Å². The van der Waals surface area contributed by atoms with Crippen LogP contribution in [0.1, 0.15) is 25.3 Å². The third-order valence-electron chi connectivity index (χ3n) is 3.21. The fourth-order valence-electron chi connectivity index (χ4n) is 2.11. The fraction of sp³-hybridized carbons (Fsp3) is 0.400. The van der Waals surface area contributed by atoms with E-state index in [0.717, 1.165) is 16.5 Å². The Kier molecular flexibility index (Phi) is 6.74. The predicted molar refractivity (Wildman–Crippen MR) is 88.8 cm³/mol. The summed E-state index contributed by atoms with van der Waals surface area (Å²) in [6, 6.07) is 7.34. The second-order valence-electron chi connectivity index (χ2n) is 5.09. The second-order valence-corrected chi connectivity index (χ2v) is 6.56. The van der Waals surface area contributed by atoms with Gasteiger partial charge in [0, 0.05) is 23.0 Å². The van der Waals surface area contributed by atoms with Crippen molar-refractivity contribution >= 4 is 27.0 Å². The van der Waals surface area contributed by atoms with Gasteiger partial charge in [0.05, 0.1) is 12.9 Å². The summed E-state index contributed by atoms with van der Waals surface area (Å²) in [4.78, 5) is 14.8. The van der Waals surface area contributed by atoms with Crippen molar-refractivity contribution in [2.24, 2.45) is 5.73 Å². The molecule has 1 aromatic carbocycles. The van der Waals surface area contributed by atoms with Gasteiger partial charge in [0.1, 0.15) is 6.04 Å². The number of carbonyl (C=O) groups excluding carboxylic acids is 1. The molecule has 1 aromatic heterocycles. The largest absolute Gasteiger partial charge is 0.465 e. The van der Waals surface area contributed by atoms with Gasteiger partial charge >= 0.3 is 5.97 Å². The van der Waals surface area contributed by atoms with E-state index in [9.17, 15) is 13.2 Å². The predicted octanol–water partition coefficient (Wildman–Crippen LogP) is 1.67. The van der Waals surface area contributed by atoms with Crippen LogP contribution in [-0.2, 0) is 19.6 Å². The van der Waals surface area contributed by atoms with Gasteiger partial charge in [0.25, 0.3) is 10.1 Å². The molecule has 0 unspecified atom stereocenters. The average Bonchev–Trinajstić information content (AvgIpc) is 2.88. The highest BCUT2D eigenvalue weighted by Crippen LogP contribution is 2.27. The minimum Gasteiger partial charge on any atom is -0.465 e. The Hall–Kier alpha value is -1.90. The zero-order valence-electron chi connectivity index (χ0n) is 13.3. The minimum absolute atomic E-state index is 0.0831. The zero-order valence-corrected chi connectivity index (χ0v) is 14.1. The summed E-state index contributed by atoms with van der Waals surface area (Å²) in [6.45, 7) is 4.07. The maximum absolute atomic E-state index is 11.7. The van der Waals surface area contributed by atoms with E-state index in [1.165, 1.54) is 0 Å². The standard InChI is InChI=1S/C14H18N2O2.CH4O3S/c1-3-18-14(17)13(15)9(2)11-8-16-12-7-5-4-6-10(11)12;1-5(2,3)4/h4-9,13,16H,3,15H2,1-2H3;1H3,(H,2,3,4)/t9-,13+;/m1./s1.